The van der Waals surface area contributed by atoms with Gasteiger partial charge in [0.1, 0.15) is 4.88 Å². The van der Waals surface area contributed by atoms with E-state index in [0.29, 0.717) is 33.0 Å². The molecule has 0 fully saturated rings. The molecule has 2 aromatic heterocycles. The SMILES string of the molecule is CCCCN=c1scc(-c2ccc(Cl)c(Cl)c2)n1/N=C/c1ccc(OC(=O)c2cccs2)c(OC)c1. The van der Waals surface area contributed by atoms with Crippen molar-refractivity contribution in [3.8, 4) is 22.8 Å². The van der Waals surface area contributed by atoms with Crippen LogP contribution in [0.15, 0.2) is 69.4 Å². The molecule has 4 rings (SSSR count). The van der Waals surface area contributed by atoms with Crippen molar-refractivity contribution >= 4 is 58.1 Å². The van der Waals surface area contributed by atoms with Gasteiger partial charge in [-0.25, -0.2) is 9.47 Å². The second-order valence-electron chi connectivity index (χ2n) is 7.60. The van der Waals surface area contributed by atoms with Gasteiger partial charge >= 0.3 is 5.97 Å². The molecule has 4 aromatic rings. The second-order valence-corrected chi connectivity index (χ2v) is 10.2. The fraction of sp³-hybridized carbons (Fsp3) is 0.192. The van der Waals surface area contributed by atoms with Crippen LogP contribution in [-0.2, 0) is 0 Å². The van der Waals surface area contributed by atoms with Crippen LogP contribution in [0.5, 0.6) is 11.5 Å². The van der Waals surface area contributed by atoms with Crippen molar-refractivity contribution < 1.29 is 14.3 Å². The van der Waals surface area contributed by atoms with Crippen LogP contribution in [0, 0.1) is 0 Å². The number of benzene rings is 2. The van der Waals surface area contributed by atoms with Crippen LogP contribution in [-0.4, -0.2) is 30.5 Å². The predicted octanol–water partition coefficient (Wildman–Crippen LogP) is 7.40. The number of nitrogens with zero attached hydrogens (tertiary/aromatic N) is 3. The highest BCUT2D eigenvalue weighted by atomic mass is 35.5. The lowest BCUT2D eigenvalue weighted by molar-refractivity contribution is 0.0735. The van der Waals surface area contributed by atoms with Crippen LogP contribution in [0.3, 0.4) is 0 Å². The first-order valence-corrected chi connectivity index (χ1v) is 13.7. The van der Waals surface area contributed by atoms with E-state index >= 15 is 0 Å². The van der Waals surface area contributed by atoms with E-state index in [9.17, 15) is 4.79 Å². The molecular weight excluding hydrogens is 537 g/mol. The number of thiazole rings is 1. The average molecular weight is 561 g/mol. The van der Waals surface area contributed by atoms with Crippen LogP contribution in [0.2, 0.25) is 10.0 Å². The molecule has 0 saturated carbocycles. The zero-order valence-electron chi connectivity index (χ0n) is 19.6. The summed E-state index contributed by atoms with van der Waals surface area (Å²) in [5, 5.41) is 9.50. The summed E-state index contributed by atoms with van der Waals surface area (Å²) in [5.74, 6) is 0.336. The summed E-state index contributed by atoms with van der Waals surface area (Å²) < 4.78 is 12.8. The van der Waals surface area contributed by atoms with E-state index in [1.165, 1.54) is 29.8 Å². The summed E-state index contributed by atoms with van der Waals surface area (Å²) in [5.41, 5.74) is 2.49. The van der Waals surface area contributed by atoms with Gasteiger partial charge in [0, 0.05) is 17.5 Å². The zero-order valence-corrected chi connectivity index (χ0v) is 22.8. The number of ether oxygens (including phenoxy) is 2. The van der Waals surface area contributed by atoms with Gasteiger partial charge in [0.25, 0.3) is 0 Å². The van der Waals surface area contributed by atoms with Crippen molar-refractivity contribution in [2.24, 2.45) is 10.1 Å². The maximum atomic E-state index is 12.3. The number of halogens is 2. The molecule has 10 heteroatoms. The van der Waals surface area contributed by atoms with E-state index in [-0.39, 0.29) is 0 Å². The maximum absolute atomic E-state index is 12.3. The lowest BCUT2D eigenvalue weighted by Crippen LogP contribution is -2.13. The molecule has 0 atom stereocenters. The Hall–Kier alpha value is -2.91. The van der Waals surface area contributed by atoms with Crippen molar-refractivity contribution in [3.05, 3.63) is 84.6 Å². The summed E-state index contributed by atoms with van der Waals surface area (Å²) in [6, 6.07) is 14.3. The number of carbonyl (C=O) groups is 1. The normalized spacial score (nSPS) is 11.8. The molecule has 0 bridgehead atoms. The van der Waals surface area contributed by atoms with Gasteiger partial charge < -0.3 is 9.47 Å². The summed E-state index contributed by atoms with van der Waals surface area (Å²) in [7, 11) is 1.53. The first-order valence-electron chi connectivity index (χ1n) is 11.1. The Morgan fingerprint density at radius 1 is 1.08 bits per heavy atom. The smallest absolute Gasteiger partial charge is 0.353 e. The number of thiophene rings is 1. The Labute approximate surface area is 227 Å². The molecule has 0 unspecified atom stereocenters. The minimum Gasteiger partial charge on any atom is -0.493 e. The summed E-state index contributed by atoms with van der Waals surface area (Å²) in [4.78, 5) is 18.4. The quantitative estimate of drug-likeness (QED) is 0.0928. The second kappa shape index (κ2) is 12.4. The molecule has 186 valence electrons. The summed E-state index contributed by atoms with van der Waals surface area (Å²) >= 11 is 15.2. The molecule has 36 heavy (non-hydrogen) atoms. The van der Waals surface area contributed by atoms with Gasteiger partial charge in [-0.1, -0.05) is 48.7 Å². The number of esters is 1. The third-order valence-electron chi connectivity index (χ3n) is 5.09. The van der Waals surface area contributed by atoms with Gasteiger partial charge in [-0.15, -0.1) is 22.7 Å². The third-order valence-corrected chi connectivity index (χ3v) is 7.54. The molecule has 0 spiro atoms. The molecule has 6 nitrogen and oxygen atoms in total. The molecular formula is C26H23Cl2N3O3S2. The predicted molar refractivity (Wildman–Crippen MR) is 148 cm³/mol. The van der Waals surface area contributed by atoms with Gasteiger partial charge in [-0.3, -0.25) is 4.99 Å². The highest BCUT2D eigenvalue weighted by Gasteiger charge is 2.14. The number of carbonyl (C=O) groups excluding carboxylic acids is 1. The minimum absolute atomic E-state index is 0.336. The Morgan fingerprint density at radius 2 is 1.94 bits per heavy atom. The molecule has 0 amide bonds. The molecule has 0 aliphatic rings. The number of unbranched alkanes of at least 4 members (excludes halogenated alkanes) is 1. The number of hydrogen-bond acceptors (Lipinski definition) is 7. The maximum Gasteiger partial charge on any atom is 0.353 e. The van der Waals surface area contributed by atoms with Crippen molar-refractivity contribution in [1.82, 2.24) is 4.68 Å². The first-order chi connectivity index (χ1) is 17.5. The fourth-order valence-electron chi connectivity index (χ4n) is 3.22. The van der Waals surface area contributed by atoms with Crippen molar-refractivity contribution in [3.63, 3.8) is 0 Å². The summed E-state index contributed by atoms with van der Waals surface area (Å²) in [6.07, 6.45) is 3.76. The number of methoxy groups -OCH3 is 1. The molecule has 0 radical (unpaired) electrons. The van der Waals surface area contributed by atoms with E-state index in [1.54, 1.807) is 41.2 Å². The number of hydrogen-bond donors (Lipinski definition) is 0. The lowest BCUT2D eigenvalue weighted by atomic mass is 10.2. The van der Waals surface area contributed by atoms with E-state index in [1.807, 2.05) is 29.0 Å². The average Bonchev–Trinajstić information content (AvgIpc) is 3.56. The largest absolute Gasteiger partial charge is 0.493 e. The van der Waals surface area contributed by atoms with Crippen LogP contribution in [0.25, 0.3) is 11.3 Å². The number of aromatic nitrogens is 1. The van der Waals surface area contributed by atoms with Gasteiger partial charge in [0.15, 0.2) is 11.5 Å². The van der Waals surface area contributed by atoms with Gasteiger partial charge in [-0.05, 0) is 53.8 Å². The molecule has 2 aromatic carbocycles. The molecule has 0 saturated heterocycles. The molecule has 0 aliphatic carbocycles. The Balaban J connectivity index is 1.66. The van der Waals surface area contributed by atoms with Crippen molar-refractivity contribution in [1.29, 1.82) is 0 Å². The topological polar surface area (TPSA) is 65.2 Å². The first kappa shape index (κ1) is 26.2. The Morgan fingerprint density at radius 3 is 2.67 bits per heavy atom. The monoisotopic (exact) mass is 559 g/mol. The van der Waals surface area contributed by atoms with E-state index in [2.05, 4.69) is 6.92 Å². The Bertz CT molecular complexity index is 1440. The fourth-order valence-corrected chi connectivity index (χ4v) is 4.98. The van der Waals surface area contributed by atoms with Crippen LogP contribution >= 0.6 is 45.9 Å². The standard InChI is InChI=1S/C26H23Cl2N3O3S2/c1-3-4-11-29-26-31(21(16-36-26)18-8-9-19(27)20(28)14-18)30-15-17-7-10-22(23(13-17)33-2)34-25(32)24-6-5-12-35-24/h5-10,12-16H,3-4,11H2,1-2H3/b29-26?,30-15+. The minimum atomic E-state index is -0.428. The highest BCUT2D eigenvalue weighted by molar-refractivity contribution is 7.12. The number of rotatable bonds is 9. The van der Waals surface area contributed by atoms with E-state index in [4.69, 9.17) is 42.8 Å². The third kappa shape index (κ3) is 6.25. The van der Waals surface area contributed by atoms with Gasteiger partial charge in [-0.2, -0.15) is 5.10 Å². The lowest BCUT2D eigenvalue weighted by Gasteiger charge is -2.09. The zero-order chi connectivity index (χ0) is 25.5. The van der Waals surface area contributed by atoms with Crippen LogP contribution < -0.4 is 14.3 Å². The molecule has 0 N–H and O–H groups in total. The van der Waals surface area contributed by atoms with Crippen LogP contribution in [0.4, 0.5) is 0 Å². The van der Waals surface area contributed by atoms with Crippen molar-refractivity contribution in [2.45, 2.75) is 19.8 Å². The van der Waals surface area contributed by atoms with E-state index < -0.39 is 5.97 Å². The highest BCUT2D eigenvalue weighted by Crippen LogP contribution is 2.30. The Kier molecular flexibility index (Phi) is 8.98. The van der Waals surface area contributed by atoms with E-state index in [0.717, 1.165) is 34.5 Å². The van der Waals surface area contributed by atoms with Gasteiger partial charge in [0.2, 0.25) is 4.80 Å². The van der Waals surface area contributed by atoms with Gasteiger partial charge in [0.05, 0.1) is 29.1 Å². The summed E-state index contributed by atoms with van der Waals surface area (Å²) in [6.45, 7) is 2.84. The van der Waals surface area contributed by atoms with Crippen LogP contribution in [0.1, 0.15) is 35.0 Å². The molecule has 2 heterocycles. The van der Waals surface area contributed by atoms with Crippen molar-refractivity contribution in [2.75, 3.05) is 13.7 Å². The molecule has 0 aliphatic heterocycles.